The summed E-state index contributed by atoms with van der Waals surface area (Å²) >= 11 is 3.30. The first kappa shape index (κ1) is 12.6. The van der Waals surface area contributed by atoms with Crippen molar-refractivity contribution in [1.82, 2.24) is 4.90 Å². The second-order valence-corrected chi connectivity index (χ2v) is 4.35. The lowest BCUT2D eigenvalue weighted by atomic mass is 9.91. The van der Waals surface area contributed by atoms with E-state index in [0.29, 0.717) is 6.54 Å². The molecule has 0 aromatic heterocycles. The van der Waals surface area contributed by atoms with Crippen molar-refractivity contribution < 1.29 is 12.9 Å². The minimum Gasteiger partial charge on any atom is -0.448 e. The van der Waals surface area contributed by atoms with Crippen LogP contribution in [0.25, 0.3) is 0 Å². The van der Waals surface area contributed by atoms with Gasteiger partial charge in [0.2, 0.25) is 0 Å². The van der Waals surface area contributed by atoms with E-state index in [-0.39, 0.29) is 0 Å². The van der Waals surface area contributed by atoms with Crippen LogP contribution in [-0.4, -0.2) is 25.4 Å². The zero-order valence-corrected chi connectivity index (χ0v) is 9.85. The Balaban J connectivity index is 2.59. The Hall–Kier alpha value is -0.485. The molecule has 0 unspecified atom stereocenters. The molecule has 0 saturated heterocycles. The maximum Gasteiger partial charge on any atom is 0.492 e. The van der Waals surface area contributed by atoms with Gasteiger partial charge in [0.1, 0.15) is 0 Å². The third-order valence-electron chi connectivity index (χ3n) is 1.92. The number of benzene rings is 1. The van der Waals surface area contributed by atoms with Gasteiger partial charge < -0.3 is 17.8 Å². The van der Waals surface area contributed by atoms with Gasteiger partial charge in [0.25, 0.3) is 0 Å². The lowest BCUT2D eigenvalue weighted by Gasteiger charge is -2.23. The summed E-state index contributed by atoms with van der Waals surface area (Å²) in [6.07, 6.45) is -0.832. The smallest absolute Gasteiger partial charge is 0.448 e. The predicted octanol–water partition coefficient (Wildman–Crippen LogP) is 3.27. The molecular formula is C9H11BBrF3N-. The number of halogens is 4. The van der Waals surface area contributed by atoms with Crippen LogP contribution in [0.5, 0.6) is 0 Å². The summed E-state index contributed by atoms with van der Waals surface area (Å²) in [5.41, 5.74) is 0.861. The summed E-state index contributed by atoms with van der Waals surface area (Å²) in [5.74, 6) is 0. The molecule has 0 N–H and O–H groups in total. The van der Waals surface area contributed by atoms with Gasteiger partial charge in [0.05, 0.1) is 0 Å². The predicted molar refractivity (Wildman–Crippen MR) is 59.6 cm³/mol. The van der Waals surface area contributed by atoms with Crippen LogP contribution in [0, 0.1) is 0 Å². The van der Waals surface area contributed by atoms with Crippen LogP contribution < -0.4 is 0 Å². The van der Waals surface area contributed by atoms with Gasteiger partial charge in [-0.3, -0.25) is 0 Å². The van der Waals surface area contributed by atoms with Crippen LogP contribution in [-0.2, 0) is 6.54 Å². The van der Waals surface area contributed by atoms with Gasteiger partial charge in [0.15, 0.2) is 0 Å². The van der Waals surface area contributed by atoms with Crippen LogP contribution in [0.15, 0.2) is 28.7 Å². The molecule has 1 nitrogen and oxygen atoms in total. The highest BCUT2D eigenvalue weighted by atomic mass is 79.9. The number of nitrogens with zero attached hydrogens (tertiary/aromatic N) is 1. The topological polar surface area (TPSA) is 3.24 Å². The normalized spacial score (nSPS) is 12.1. The Kier molecular flexibility index (Phi) is 4.22. The molecule has 1 aromatic rings. The molecule has 0 saturated carbocycles. The summed E-state index contributed by atoms with van der Waals surface area (Å²) in [6.45, 7) is -4.45. The Morgan fingerprint density at radius 2 is 1.87 bits per heavy atom. The van der Waals surface area contributed by atoms with E-state index in [1.807, 2.05) is 24.3 Å². The van der Waals surface area contributed by atoms with Gasteiger partial charge in [-0.05, 0) is 25.1 Å². The first-order valence-corrected chi connectivity index (χ1v) is 5.31. The number of hydrogen-bond donors (Lipinski definition) is 0. The molecule has 1 rings (SSSR count). The molecule has 0 aliphatic heterocycles. The van der Waals surface area contributed by atoms with Crippen molar-refractivity contribution in [3.63, 3.8) is 0 Å². The highest BCUT2D eigenvalue weighted by molar-refractivity contribution is 9.10. The van der Waals surface area contributed by atoms with Crippen molar-refractivity contribution in [2.75, 3.05) is 13.5 Å². The molecular weight excluding hydrogens is 270 g/mol. The molecule has 6 heteroatoms. The van der Waals surface area contributed by atoms with Crippen molar-refractivity contribution >= 4 is 22.9 Å². The summed E-state index contributed by atoms with van der Waals surface area (Å²) in [4.78, 5) is 1.26. The number of rotatable bonds is 4. The highest BCUT2D eigenvalue weighted by Gasteiger charge is 2.24. The fourth-order valence-electron chi connectivity index (χ4n) is 1.34. The second kappa shape index (κ2) is 5.03. The summed E-state index contributed by atoms with van der Waals surface area (Å²) in [7, 11) is 1.47. The molecule has 0 radical (unpaired) electrons. The maximum atomic E-state index is 12.1. The molecule has 15 heavy (non-hydrogen) atoms. The highest BCUT2D eigenvalue weighted by Crippen LogP contribution is 2.18. The van der Waals surface area contributed by atoms with Crippen molar-refractivity contribution in [3.8, 4) is 0 Å². The molecule has 0 bridgehead atoms. The first-order chi connectivity index (χ1) is 6.88. The van der Waals surface area contributed by atoms with E-state index in [2.05, 4.69) is 15.9 Å². The van der Waals surface area contributed by atoms with Crippen LogP contribution >= 0.6 is 15.9 Å². The van der Waals surface area contributed by atoms with Crippen LogP contribution in [0.2, 0.25) is 0 Å². The lowest BCUT2D eigenvalue weighted by Crippen LogP contribution is -2.35. The average molecular weight is 281 g/mol. The molecule has 0 amide bonds. The van der Waals surface area contributed by atoms with Crippen LogP contribution in [0.1, 0.15) is 5.56 Å². The maximum absolute atomic E-state index is 12.1. The molecule has 0 atom stereocenters. The Labute approximate surface area is 95.5 Å². The molecule has 0 aliphatic carbocycles. The van der Waals surface area contributed by atoms with Crippen LogP contribution in [0.3, 0.4) is 0 Å². The zero-order valence-electron chi connectivity index (χ0n) is 8.26. The Morgan fingerprint density at radius 3 is 2.40 bits per heavy atom. The van der Waals surface area contributed by atoms with E-state index >= 15 is 0 Å². The van der Waals surface area contributed by atoms with E-state index in [9.17, 15) is 12.9 Å². The number of hydrogen-bond acceptors (Lipinski definition) is 1. The van der Waals surface area contributed by atoms with E-state index < -0.39 is 13.4 Å². The van der Waals surface area contributed by atoms with Gasteiger partial charge in [-0.25, -0.2) is 0 Å². The molecule has 0 fully saturated rings. The van der Waals surface area contributed by atoms with E-state index in [4.69, 9.17) is 0 Å². The Bertz CT molecular complexity index is 329. The lowest BCUT2D eigenvalue weighted by molar-refractivity contribution is 0.322. The molecule has 0 spiro atoms. The molecule has 1 aromatic carbocycles. The SMILES string of the molecule is CN(Cc1ccccc1Br)C[B-](F)(F)F. The fourth-order valence-corrected chi connectivity index (χ4v) is 1.75. The monoisotopic (exact) mass is 280 g/mol. The third-order valence-corrected chi connectivity index (χ3v) is 2.69. The van der Waals surface area contributed by atoms with E-state index in [1.54, 1.807) is 0 Å². The fraction of sp³-hybridized carbons (Fsp3) is 0.333. The second-order valence-electron chi connectivity index (χ2n) is 3.50. The van der Waals surface area contributed by atoms with Gasteiger partial charge >= 0.3 is 6.98 Å². The minimum absolute atomic E-state index is 0.294. The van der Waals surface area contributed by atoms with Crippen molar-refractivity contribution in [2.24, 2.45) is 0 Å². The van der Waals surface area contributed by atoms with Gasteiger partial charge in [-0.1, -0.05) is 34.1 Å². The van der Waals surface area contributed by atoms with Gasteiger partial charge in [-0.2, -0.15) is 0 Å². The first-order valence-electron chi connectivity index (χ1n) is 4.51. The van der Waals surface area contributed by atoms with Crippen LogP contribution in [0.4, 0.5) is 12.9 Å². The van der Waals surface area contributed by atoms with Crippen molar-refractivity contribution in [2.45, 2.75) is 6.54 Å². The van der Waals surface area contributed by atoms with E-state index in [0.717, 1.165) is 10.0 Å². The summed E-state index contributed by atoms with van der Waals surface area (Å²) in [6, 6.07) is 7.28. The summed E-state index contributed by atoms with van der Waals surface area (Å²) < 4.78 is 37.2. The van der Waals surface area contributed by atoms with Crippen molar-refractivity contribution in [1.29, 1.82) is 0 Å². The average Bonchev–Trinajstić information content (AvgIpc) is 2.05. The standard InChI is InChI=1S/C9H11BBrF3N/c1-15(7-10(12,13)14)6-8-4-2-3-5-9(8)11/h2-5H,6-7H2,1H3/q-1. The molecule has 0 heterocycles. The minimum atomic E-state index is -4.74. The Morgan fingerprint density at radius 1 is 1.27 bits per heavy atom. The quantitative estimate of drug-likeness (QED) is 0.765. The third kappa shape index (κ3) is 4.71. The van der Waals surface area contributed by atoms with Gasteiger partial charge in [-0.15, -0.1) is 0 Å². The largest absolute Gasteiger partial charge is 0.492 e. The zero-order chi connectivity index (χ0) is 11.5. The van der Waals surface area contributed by atoms with E-state index in [1.165, 1.54) is 11.9 Å². The van der Waals surface area contributed by atoms with Crippen molar-refractivity contribution in [3.05, 3.63) is 34.3 Å². The summed E-state index contributed by atoms with van der Waals surface area (Å²) in [5, 5.41) is 0. The molecule has 84 valence electrons. The van der Waals surface area contributed by atoms with Gasteiger partial charge in [0, 0.05) is 11.0 Å². The molecule has 0 aliphatic rings.